The van der Waals surface area contributed by atoms with E-state index in [1.165, 1.54) is 38.5 Å². The summed E-state index contributed by atoms with van der Waals surface area (Å²) in [6.45, 7) is 5.36. The molecule has 1 N–H and O–H groups in total. The van der Waals surface area contributed by atoms with Crippen molar-refractivity contribution in [2.24, 2.45) is 0 Å². The molecule has 0 aliphatic carbocycles. The summed E-state index contributed by atoms with van der Waals surface area (Å²) >= 11 is 0. The lowest BCUT2D eigenvalue weighted by Gasteiger charge is -2.19. The number of hydrogen-bond acceptors (Lipinski definition) is 7. The summed E-state index contributed by atoms with van der Waals surface area (Å²) in [5.74, 6) is -0.827. The van der Waals surface area contributed by atoms with Crippen LogP contribution in [0.5, 0.6) is 0 Å². The van der Waals surface area contributed by atoms with Crippen molar-refractivity contribution in [3.63, 3.8) is 0 Å². The molecule has 0 spiro atoms. The highest BCUT2D eigenvalue weighted by Gasteiger charge is 2.25. The molecule has 0 aromatic rings. The lowest BCUT2D eigenvalue weighted by atomic mass is 10.1. The molecule has 290 valence electrons. The Morgan fingerprint density at radius 2 is 0.980 bits per heavy atom. The first-order valence-electron chi connectivity index (χ1n) is 19.9. The maximum absolute atomic E-state index is 12.5. The lowest BCUT2D eigenvalue weighted by molar-refractivity contribution is -0.161. The smallest absolute Gasteiger partial charge is 0.462 e. The van der Waals surface area contributed by atoms with E-state index in [9.17, 15) is 19.0 Å². The molecule has 2 atom stereocenters. The van der Waals surface area contributed by atoms with Crippen LogP contribution in [-0.4, -0.2) is 42.8 Å². The quantitative estimate of drug-likeness (QED) is 0.0294. The molecule has 8 nitrogen and oxygen atoms in total. The predicted molar refractivity (Wildman–Crippen MR) is 207 cm³/mol. The van der Waals surface area contributed by atoms with Gasteiger partial charge in [0.2, 0.25) is 0 Å². The van der Waals surface area contributed by atoms with Gasteiger partial charge in [0.05, 0.1) is 13.2 Å². The van der Waals surface area contributed by atoms with Crippen LogP contribution in [0.1, 0.15) is 175 Å². The fourth-order valence-corrected chi connectivity index (χ4v) is 5.90. The summed E-state index contributed by atoms with van der Waals surface area (Å²) in [5, 5.41) is 0. The number of carbonyl (C=O) groups is 2. The van der Waals surface area contributed by atoms with E-state index in [0.29, 0.717) is 6.42 Å². The van der Waals surface area contributed by atoms with Crippen LogP contribution >= 0.6 is 7.82 Å². The largest absolute Gasteiger partial charge is 0.472 e. The maximum atomic E-state index is 12.5. The second-order valence-electron chi connectivity index (χ2n) is 12.9. The van der Waals surface area contributed by atoms with Crippen molar-refractivity contribution in [2.75, 3.05) is 19.8 Å². The molecule has 0 saturated heterocycles. The molecule has 0 rings (SSSR count). The molecule has 0 saturated carbocycles. The number of allylic oxidation sites excluding steroid dienone is 8. The number of phosphoric ester groups is 1. The molecule has 0 aromatic carbocycles. The van der Waals surface area contributed by atoms with E-state index in [1.807, 2.05) is 0 Å². The highest BCUT2D eigenvalue weighted by Crippen LogP contribution is 2.43. The zero-order valence-corrected chi connectivity index (χ0v) is 32.9. The Labute approximate surface area is 306 Å². The molecular formula is C41H73O8P. The Bertz CT molecular complexity index is 958. The Balaban J connectivity index is 4.15. The summed E-state index contributed by atoms with van der Waals surface area (Å²) in [6, 6.07) is 0. The van der Waals surface area contributed by atoms with Crippen LogP contribution in [0, 0.1) is 0 Å². The monoisotopic (exact) mass is 725 g/mol. The Morgan fingerprint density at radius 3 is 1.52 bits per heavy atom. The molecule has 0 radical (unpaired) electrons. The van der Waals surface area contributed by atoms with Gasteiger partial charge in [0, 0.05) is 12.8 Å². The van der Waals surface area contributed by atoms with Gasteiger partial charge in [-0.15, -0.1) is 0 Å². The highest BCUT2D eigenvalue weighted by molar-refractivity contribution is 7.47. The number of unbranched alkanes of at least 4 members (excludes halogenated alkanes) is 16. The minimum absolute atomic E-state index is 0.00521. The third-order valence-corrected chi connectivity index (χ3v) is 9.17. The van der Waals surface area contributed by atoms with Crippen molar-refractivity contribution in [3.05, 3.63) is 48.6 Å². The van der Waals surface area contributed by atoms with Crippen LogP contribution in [0.4, 0.5) is 0 Å². The first-order chi connectivity index (χ1) is 24.3. The number of phosphoric acid groups is 1. The molecule has 0 aliphatic rings. The second-order valence-corrected chi connectivity index (χ2v) is 14.4. The van der Waals surface area contributed by atoms with Crippen LogP contribution < -0.4 is 0 Å². The molecule has 50 heavy (non-hydrogen) atoms. The minimum Gasteiger partial charge on any atom is -0.462 e. The van der Waals surface area contributed by atoms with Gasteiger partial charge in [-0.3, -0.25) is 18.6 Å². The van der Waals surface area contributed by atoms with E-state index in [2.05, 4.69) is 62.5 Å². The molecular weight excluding hydrogens is 651 g/mol. The highest BCUT2D eigenvalue weighted by atomic mass is 31.2. The van der Waals surface area contributed by atoms with E-state index in [-0.39, 0.29) is 32.0 Å². The van der Waals surface area contributed by atoms with Gasteiger partial charge in [0.15, 0.2) is 6.10 Å². The van der Waals surface area contributed by atoms with Crippen molar-refractivity contribution in [1.29, 1.82) is 0 Å². The number of carbonyl (C=O) groups excluding carboxylic acids is 2. The van der Waals surface area contributed by atoms with Gasteiger partial charge < -0.3 is 14.4 Å². The minimum atomic E-state index is -4.28. The van der Waals surface area contributed by atoms with E-state index in [1.54, 1.807) is 6.92 Å². The van der Waals surface area contributed by atoms with E-state index in [4.69, 9.17) is 18.5 Å². The second kappa shape index (κ2) is 36.8. The van der Waals surface area contributed by atoms with Crippen molar-refractivity contribution in [3.8, 4) is 0 Å². The average molecular weight is 725 g/mol. The summed E-state index contributed by atoms with van der Waals surface area (Å²) in [6.07, 6.45) is 41.6. The van der Waals surface area contributed by atoms with Gasteiger partial charge in [-0.25, -0.2) is 4.57 Å². The number of esters is 2. The molecule has 0 amide bonds. The van der Waals surface area contributed by atoms with Gasteiger partial charge in [-0.05, 0) is 77.6 Å². The van der Waals surface area contributed by atoms with Crippen LogP contribution in [0.3, 0.4) is 0 Å². The fraction of sp³-hybridized carbons (Fsp3) is 0.756. The Morgan fingerprint density at radius 1 is 0.540 bits per heavy atom. The van der Waals surface area contributed by atoms with Gasteiger partial charge in [0.1, 0.15) is 6.61 Å². The summed E-state index contributed by atoms with van der Waals surface area (Å²) in [4.78, 5) is 34.6. The molecule has 2 unspecified atom stereocenters. The molecule has 0 heterocycles. The summed E-state index contributed by atoms with van der Waals surface area (Å²) in [5.41, 5.74) is 0. The van der Waals surface area contributed by atoms with Crippen molar-refractivity contribution in [2.45, 2.75) is 181 Å². The number of hydrogen-bond donors (Lipinski definition) is 1. The Hall–Kier alpha value is -1.99. The normalized spacial score (nSPS) is 13.9. The van der Waals surface area contributed by atoms with Crippen LogP contribution in [0.2, 0.25) is 0 Å². The lowest BCUT2D eigenvalue weighted by Crippen LogP contribution is -2.29. The van der Waals surface area contributed by atoms with E-state index < -0.39 is 26.5 Å². The third-order valence-electron chi connectivity index (χ3n) is 8.11. The van der Waals surface area contributed by atoms with E-state index >= 15 is 0 Å². The number of ether oxygens (including phenoxy) is 2. The van der Waals surface area contributed by atoms with Gasteiger partial charge in [-0.1, -0.05) is 133 Å². The first-order valence-corrected chi connectivity index (χ1v) is 21.4. The van der Waals surface area contributed by atoms with Crippen LogP contribution in [0.15, 0.2) is 48.6 Å². The molecule has 0 aromatic heterocycles. The molecule has 0 fully saturated rings. The van der Waals surface area contributed by atoms with E-state index in [0.717, 1.165) is 96.3 Å². The van der Waals surface area contributed by atoms with Gasteiger partial charge >= 0.3 is 19.8 Å². The van der Waals surface area contributed by atoms with Crippen LogP contribution in [0.25, 0.3) is 0 Å². The van der Waals surface area contributed by atoms with Crippen molar-refractivity contribution >= 4 is 19.8 Å². The summed E-state index contributed by atoms with van der Waals surface area (Å²) in [7, 11) is -4.28. The topological polar surface area (TPSA) is 108 Å². The maximum Gasteiger partial charge on any atom is 0.472 e. The van der Waals surface area contributed by atoms with Crippen molar-refractivity contribution < 1.29 is 37.6 Å². The van der Waals surface area contributed by atoms with Crippen LogP contribution in [-0.2, 0) is 32.7 Å². The predicted octanol–water partition coefficient (Wildman–Crippen LogP) is 12.2. The molecule has 0 bridgehead atoms. The zero-order valence-electron chi connectivity index (χ0n) is 32.0. The van der Waals surface area contributed by atoms with Gasteiger partial charge in [-0.2, -0.15) is 0 Å². The average Bonchev–Trinajstić information content (AvgIpc) is 3.09. The van der Waals surface area contributed by atoms with Gasteiger partial charge in [0.25, 0.3) is 0 Å². The first kappa shape index (κ1) is 48.0. The Kier molecular flexibility index (Phi) is 35.3. The molecule has 0 aliphatic heterocycles. The molecule has 9 heteroatoms. The van der Waals surface area contributed by atoms with Crippen molar-refractivity contribution in [1.82, 2.24) is 0 Å². The fourth-order valence-electron chi connectivity index (χ4n) is 5.14. The SMILES string of the molecule is CCCC/C=C\CCCCCCCC(=O)OCC(COP(=O)(O)OCC)OC(=O)CCCCCCCC/C=C\C/C=C\C/C=C\CCCCC. The third kappa shape index (κ3) is 35.8. The number of rotatable bonds is 36. The zero-order chi connectivity index (χ0) is 36.8. The standard InChI is InChI=1S/C41H73O8P/c1-4-7-9-11-13-15-17-18-19-20-21-22-23-24-26-28-30-32-34-36-41(43)49-39(38-48-50(44,45)47-6-3)37-46-40(42)35-33-31-29-27-25-16-14-12-10-8-5-2/h12-15,18-19,21-22,39H,4-11,16-17,20,23-38H2,1-3H3,(H,44,45)/b14-12-,15-13-,19-18-,22-21-. The summed E-state index contributed by atoms with van der Waals surface area (Å²) < 4.78 is 32.5.